The Morgan fingerprint density at radius 1 is 0.258 bits per heavy atom. The fourth-order valence-corrected chi connectivity index (χ4v) is 10.9. The smallest absolute Gasteiger partial charge is 0.143 e. The Bertz CT molecular complexity index is 4180. The van der Waals surface area contributed by atoms with Crippen LogP contribution in [0.3, 0.4) is 0 Å². The van der Waals surface area contributed by atoms with Crippen LogP contribution in [0.4, 0.5) is 17.1 Å². The summed E-state index contributed by atoms with van der Waals surface area (Å²) in [4.78, 5) is 2.42. The topological polar surface area (TPSA) is 16.4 Å². The van der Waals surface area contributed by atoms with Crippen molar-refractivity contribution >= 4 is 104 Å². The van der Waals surface area contributed by atoms with E-state index in [0.717, 1.165) is 50.1 Å². The average Bonchev–Trinajstić information content (AvgIpc) is 3.77. The number of hydrogen-bond donors (Lipinski definition) is 0. The van der Waals surface area contributed by atoms with Crippen molar-refractivity contribution in [2.75, 3.05) is 4.90 Å². The summed E-state index contributed by atoms with van der Waals surface area (Å²) in [6, 6.07) is 86.7. The quantitative estimate of drug-likeness (QED) is 0.155. The van der Waals surface area contributed by atoms with Crippen LogP contribution in [0.1, 0.15) is 0 Å². The van der Waals surface area contributed by atoms with Gasteiger partial charge in [0.15, 0.2) is 0 Å². The summed E-state index contributed by atoms with van der Waals surface area (Å²) in [6.07, 6.45) is 0. The van der Waals surface area contributed by atoms with Gasteiger partial charge in [0, 0.05) is 33.4 Å². The molecule has 0 aliphatic rings. The summed E-state index contributed by atoms with van der Waals surface area (Å²) in [5.41, 5.74) is 12.0. The van der Waals surface area contributed by atoms with Crippen molar-refractivity contribution in [3.63, 3.8) is 0 Å². The summed E-state index contributed by atoms with van der Waals surface area (Å²) >= 11 is 0. The Hall–Kier alpha value is -8.72. The Morgan fingerprint density at radius 3 is 1.30 bits per heavy atom. The fraction of sp³-hybridized carbons (Fsp3) is 0. The molecule has 2 heteroatoms. The number of anilines is 3. The molecule has 0 N–H and O–H groups in total. The van der Waals surface area contributed by atoms with Gasteiger partial charge in [-0.2, -0.15) is 0 Å². The maximum absolute atomic E-state index is 6.51. The van der Waals surface area contributed by atoms with E-state index in [0.29, 0.717) is 0 Å². The Labute approximate surface area is 381 Å². The summed E-state index contributed by atoms with van der Waals surface area (Å²) in [5, 5.41) is 17.5. The van der Waals surface area contributed by atoms with E-state index in [2.05, 4.69) is 235 Å². The molecule has 0 spiro atoms. The lowest BCUT2D eigenvalue weighted by Gasteiger charge is -2.27. The first-order valence-corrected chi connectivity index (χ1v) is 22.7. The van der Waals surface area contributed by atoms with E-state index in [4.69, 9.17) is 4.42 Å². The third-order valence-corrected chi connectivity index (χ3v) is 14.0. The van der Waals surface area contributed by atoms with E-state index in [1.54, 1.807) is 0 Å². The molecule has 1 heterocycles. The van der Waals surface area contributed by atoms with Crippen LogP contribution in [0.15, 0.2) is 241 Å². The van der Waals surface area contributed by atoms with Gasteiger partial charge in [-0.05, 0) is 135 Å². The lowest BCUT2D eigenvalue weighted by Crippen LogP contribution is -2.10. The van der Waals surface area contributed by atoms with Crippen LogP contribution in [0.5, 0.6) is 0 Å². The van der Waals surface area contributed by atoms with E-state index >= 15 is 0 Å². The molecule has 1 aromatic heterocycles. The van der Waals surface area contributed by atoms with E-state index in [9.17, 15) is 0 Å². The monoisotopic (exact) mass is 837 g/mol. The lowest BCUT2D eigenvalue weighted by molar-refractivity contribution is 0.670. The van der Waals surface area contributed by atoms with Crippen LogP contribution in [0.25, 0.3) is 120 Å². The third kappa shape index (κ3) is 5.62. The third-order valence-electron chi connectivity index (χ3n) is 14.0. The highest BCUT2D eigenvalue weighted by molar-refractivity contribution is 6.37. The molecule has 0 unspecified atom stereocenters. The zero-order valence-electron chi connectivity index (χ0n) is 35.9. The van der Waals surface area contributed by atoms with Gasteiger partial charge in [0.1, 0.15) is 11.2 Å². The highest BCUT2D eigenvalue weighted by Gasteiger charge is 2.20. The van der Waals surface area contributed by atoms with Crippen LogP contribution in [0.2, 0.25) is 0 Å². The first kappa shape index (κ1) is 36.7. The number of para-hydroxylation sites is 2. The first-order chi connectivity index (χ1) is 32.7. The van der Waals surface area contributed by atoms with Crippen molar-refractivity contribution in [3.8, 4) is 33.4 Å². The molecule has 0 saturated heterocycles. The van der Waals surface area contributed by atoms with Gasteiger partial charge in [-0.1, -0.05) is 194 Å². The Balaban J connectivity index is 0.989. The minimum atomic E-state index is 0.903. The second-order valence-electron chi connectivity index (χ2n) is 17.6. The number of hydrogen-bond acceptors (Lipinski definition) is 2. The molecule has 2 nitrogen and oxygen atoms in total. The van der Waals surface area contributed by atoms with Gasteiger partial charge in [-0.25, -0.2) is 0 Å². The first-order valence-electron chi connectivity index (χ1n) is 22.7. The van der Waals surface area contributed by atoms with Gasteiger partial charge >= 0.3 is 0 Å². The molecule has 0 amide bonds. The molecule has 0 bridgehead atoms. The highest BCUT2D eigenvalue weighted by Crippen LogP contribution is 2.47. The van der Waals surface area contributed by atoms with Gasteiger partial charge in [-0.15, -0.1) is 0 Å². The maximum Gasteiger partial charge on any atom is 0.143 e. The second-order valence-corrected chi connectivity index (χ2v) is 17.6. The summed E-state index contributed by atoms with van der Waals surface area (Å²) < 4.78 is 6.51. The van der Waals surface area contributed by atoms with Crippen molar-refractivity contribution in [2.24, 2.45) is 0 Å². The molecule has 14 aromatic rings. The van der Waals surface area contributed by atoms with Gasteiger partial charge in [0.2, 0.25) is 0 Å². The Morgan fingerprint density at radius 2 is 0.697 bits per heavy atom. The second kappa shape index (κ2) is 14.4. The van der Waals surface area contributed by atoms with Gasteiger partial charge in [-0.3, -0.25) is 0 Å². The number of fused-ring (bicyclic) bond motifs is 5. The Kier molecular flexibility index (Phi) is 8.02. The van der Waals surface area contributed by atoms with Crippen molar-refractivity contribution in [3.05, 3.63) is 237 Å². The van der Waals surface area contributed by atoms with Crippen molar-refractivity contribution in [2.45, 2.75) is 0 Å². The van der Waals surface area contributed by atoms with E-state index in [1.807, 2.05) is 6.07 Å². The molecule has 306 valence electrons. The average molecular weight is 838 g/mol. The molecule has 0 fully saturated rings. The lowest BCUT2D eigenvalue weighted by atomic mass is 9.87. The standard InChI is InChI=1S/C64H39NO/c1-2-10-40(11-3-1)41-22-24-42(25-23-41)43-30-34-49(35-31-43)65(50-36-32-44(33-37-50)52-16-9-20-57-53-15-4-5-21-59(53)66-64(52)57)51-38-48-29-28-47-13-7-18-55-54-17-6-12-45-26-27-46-14-8-19-56(62(46)60(45)54)58(39-51)63(48)61(47)55/h1-39H. The molecule has 0 atom stereocenters. The predicted molar refractivity (Wildman–Crippen MR) is 281 cm³/mol. The zero-order valence-corrected chi connectivity index (χ0v) is 35.9. The molecule has 0 saturated carbocycles. The summed E-state index contributed by atoms with van der Waals surface area (Å²) in [7, 11) is 0. The number of benzene rings is 12. The zero-order chi connectivity index (χ0) is 43.3. The molecule has 0 aliphatic heterocycles. The van der Waals surface area contributed by atoms with Crippen molar-refractivity contribution in [1.29, 1.82) is 0 Å². The number of rotatable bonds is 6. The molecular weight excluding hydrogens is 799 g/mol. The highest BCUT2D eigenvalue weighted by atomic mass is 16.3. The van der Waals surface area contributed by atoms with Crippen LogP contribution >= 0.6 is 0 Å². The van der Waals surface area contributed by atoms with E-state index in [-0.39, 0.29) is 0 Å². The number of furan rings is 1. The van der Waals surface area contributed by atoms with E-state index in [1.165, 1.54) is 86.9 Å². The molecule has 66 heavy (non-hydrogen) atoms. The van der Waals surface area contributed by atoms with Crippen LogP contribution in [-0.2, 0) is 0 Å². The fourth-order valence-electron chi connectivity index (χ4n) is 10.9. The predicted octanol–water partition coefficient (Wildman–Crippen LogP) is 18.4. The van der Waals surface area contributed by atoms with Gasteiger partial charge < -0.3 is 9.32 Å². The van der Waals surface area contributed by atoms with Crippen LogP contribution < -0.4 is 4.90 Å². The molecule has 0 radical (unpaired) electrons. The minimum absolute atomic E-state index is 0.903. The molecule has 13 aromatic carbocycles. The van der Waals surface area contributed by atoms with Crippen molar-refractivity contribution in [1.82, 2.24) is 0 Å². The normalized spacial score (nSPS) is 11.9. The van der Waals surface area contributed by atoms with Crippen LogP contribution in [-0.4, -0.2) is 0 Å². The van der Waals surface area contributed by atoms with Crippen molar-refractivity contribution < 1.29 is 4.42 Å². The molecule has 0 aliphatic carbocycles. The summed E-state index contributed by atoms with van der Waals surface area (Å²) in [6.45, 7) is 0. The largest absolute Gasteiger partial charge is 0.455 e. The van der Waals surface area contributed by atoms with Crippen LogP contribution in [0, 0.1) is 0 Å². The minimum Gasteiger partial charge on any atom is -0.455 e. The SMILES string of the molecule is c1ccc(-c2ccc(-c3ccc(N(c4ccc(-c5cccc6c5oc5ccccc56)cc4)c4cc5ccc6cccc7c8cccc9ccc%10cccc(c(c4)c5c67)c%10c98)cc3)cc2)cc1. The molecule has 14 rings (SSSR count). The summed E-state index contributed by atoms with van der Waals surface area (Å²) in [5.74, 6) is 0. The number of nitrogens with zero attached hydrogens (tertiary/aromatic N) is 1. The van der Waals surface area contributed by atoms with E-state index < -0.39 is 0 Å². The van der Waals surface area contributed by atoms with Gasteiger partial charge in [0.25, 0.3) is 0 Å². The maximum atomic E-state index is 6.51. The van der Waals surface area contributed by atoms with Gasteiger partial charge in [0.05, 0.1) is 0 Å². The molecular formula is C64H39NO.